The SMILES string of the molecule is C/C1=C2/[N-][C@H]([C@H](CC(N)=O)[C@@]2(C)CCC(=O)NC[C@@H](C)O)[C@]2(C)N=C(/C(C)=C3N=C(/C=C4N=C1[C@@H](CCC(N)=O)C\4(C)C)[C@@H](CCC(N)=O)[C@]\3(C)CC(N)=O)[C@@H](CCC(N)=O)[C@]2(C)CC(N)=O.[C-]#N.[Co].[OH3+]. The van der Waals surface area contributed by atoms with Gasteiger partial charge in [0.15, 0.2) is 0 Å². The number of nitrogens with one attached hydrogen (secondary N) is 1. The number of nitrogens with zero attached hydrogens (tertiary/aromatic N) is 5. The summed E-state index contributed by atoms with van der Waals surface area (Å²) in [7, 11) is 0. The standard InChI is InChI=1S/C48H73N11O8.CN.Co.H2O/c1-23(60)22-55-38(67)16-17-45(6)29(18-35(52)64)43-48(9)47(8,21-37(54)66)28(12-15-34(51)63)40(59-48)25(3)42-46(7,20-36(53)65)26(10-13-32(49)61)30(56-42)19-31-44(4,5)27(11-14-33(50)62)39(57-31)24(2)41(45)58-43;1-2;;/h19,23,26-29,43,60H,10-18,20-22H2,1-9H3,(H14,49,50,51,52,53,54,55,56,57,58,59,61,62,63,64,65,66,67);;;1H2/q;-1;;/t23-,26-,27-,28-,29+,43-,45-,46+,47+,48+;;;/m1.../s1. The van der Waals surface area contributed by atoms with E-state index >= 15 is 0 Å². The summed E-state index contributed by atoms with van der Waals surface area (Å²) in [5.74, 6) is -6.42. The van der Waals surface area contributed by atoms with Crippen LogP contribution in [0.15, 0.2) is 49.3 Å². The van der Waals surface area contributed by atoms with E-state index in [1.807, 2.05) is 61.5 Å². The molecule has 1 fully saturated rings. The number of hydrogen-bond acceptors (Lipinski definition) is 12. The second-order valence-corrected chi connectivity index (χ2v) is 21.1. The zero-order valence-corrected chi connectivity index (χ0v) is 43.5. The maximum atomic E-state index is 13.5. The monoisotopic (exact) mass is 1030 g/mol. The minimum Gasteiger partial charge on any atom is -0.682 e. The van der Waals surface area contributed by atoms with Gasteiger partial charge in [0.05, 0.1) is 17.3 Å². The number of amides is 7. The van der Waals surface area contributed by atoms with Crippen molar-refractivity contribution in [2.24, 2.45) is 94.7 Å². The van der Waals surface area contributed by atoms with E-state index in [0.29, 0.717) is 51.8 Å². The molecule has 5 aliphatic heterocycles. The molecule has 1 radical (unpaired) electrons. The van der Waals surface area contributed by atoms with Crippen molar-refractivity contribution in [3.63, 3.8) is 0 Å². The molecular formula is C49H75CoN12O9-. The van der Waals surface area contributed by atoms with E-state index in [1.165, 1.54) is 0 Å². The predicted octanol–water partition coefficient (Wildman–Crippen LogP) is 1.69. The summed E-state index contributed by atoms with van der Waals surface area (Å²) in [5, 5.41) is 24.6. The fraction of sp³-hybridized carbons (Fsp3) is 0.653. The van der Waals surface area contributed by atoms with Crippen LogP contribution in [0, 0.1) is 57.2 Å². The second-order valence-electron chi connectivity index (χ2n) is 21.1. The number of rotatable bonds is 20. The van der Waals surface area contributed by atoms with Crippen molar-refractivity contribution in [1.82, 2.24) is 5.32 Å². The molecule has 0 aliphatic carbocycles. The van der Waals surface area contributed by atoms with Crippen LogP contribution in [0.4, 0.5) is 0 Å². The van der Waals surface area contributed by atoms with Gasteiger partial charge in [-0.15, -0.1) is 0 Å². The van der Waals surface area contributed by atoms with Gasteiger partial charge in [-0.05, 0) is 81.9 Å². The summed E-state index contributed by atoms with van der Waals surface area (Å²) in [6.45, 7) is 21.6. The van der Waals surface area contributed by atoms with Gasteiger partial charge in [0.2, 0.25) is 41.4 Å². The van der Waals surface area contributed by atoms with E-state index in [-0.39, 0.29) is 98.9 Å². The summed E-state index contributed by atoms with van der Waals surface area (Å²) in [6, 6.07) is -0.923. The quantitative estimate of drug-likeness (QED) is 0.0649. The smallest absolute Gasteiger partial charge is 0.220 e. The molecule has 0 spiro atoms. The molecule has 7 amide bonds. The zero-order valence-electron chi connectivity index (χ0n) is 42.4. The Morgan fingerprint density at radius 1 is 0.732 bits per heavy atom. The van der Waals surface area contributed by atoms with E-state index in [4.69, 9.17) is 66.5 Å². The van der Waals surface area contributed by atoms with Crippen molar-refractivity contribution >= 4 is 58.5 Å². The van der Waals surface area contributed by atoms with Crippen LogP contribution in [0.5, 0.6) is 0 Å². The third-order valence-corrected chi connectivity index (χ3v) is 16.0. The molecule has 395 valence electrons. The van der Waals surface area contributed by atoms with E-state index < -0.39 is 98.5 Å². The van der Waals surface area contributed by atoms with E-state index in [9.17, 15) is 38.7 Å². The van der Waals surface area contributed by atoms with Crippen LogP contribution >= 0.6 is 0 Å². The zero-order chi connectivity index (χ0) is 52.4. The number of allylic oxidation sites excluding steroid dienone is 6. The van der Waals surface area contributed by atoms with Crippen LogP contribution in [0.3, 0.4) is 0 Å². The van der Waals surface area contributed by atoms with Crippen molar-refractivity contribution < 1.29 is 60.9 Å². The summed E-state index contributed by atoms with van der Waals surface area (Å²) < 4.78 is 0. The molecule has 21 nitrogen and oxygen atoms in total. The molecule has 0 aromatic rings. The Labute approximate surface area is 426 Å². The minimum atomic E-state index is -1.40. The number of primary amides is 6. The topological polar surface area (TPSA) is 416 Å². The molecule has 1 saturated heterocycles. The molecule has 17 N–H and O–H groups in total. The number of hydrogen-bond donors (Lipinski definition) is 8. The van der Waals surface area contributed by atoms with Crippen molar-refractivity contribution in [2.75, 3.05) is 6.54 Å². The number of aliphatic hydroxyl groups is 1. The number of carbonyl (C=O) groups excluding carboxylic acids is 7. The van der Waals surface area contributed by atoms with Gasteiger partial charge >= 0.3 is 0 Å². The first-order valence-electron chi connectivity index (χ1n) is 23.4. The average Bonchev–Trinajstić information content (AvgIpc) is 3.84. The van der Waals surface area contributed by atoms with Crippen molar-refractivity contribution in [3.05, 3.63) is 46.2 Å². The van der Waals surface area contributed by atoms with Crippen LogP contribution in [0.2, 0.25) is 0 Å². The first-order valence-corrected chi connectivity index (χ1v) is 23.4. The Kier molecular flexibility index (Phi) is 20.0. The third kappa shape index (κ3) is 12.0. The molecule has 5 heterocycles. The molecule has 5 aliphatic rings. The molecule has 0 saturated carbocycles. The fourth-order valence-electron chi connectivity index (χ4n) is 12.2. The van der Waals surface area contributed by atoms with Gasteiger partial charge < -0.3 is 67.5 Å². The Bertz CT molecular complexity index is 2370. The van der Waals surface area contributed by atoms with Crippen LogP contribution < -0.4 is 39.7 Å². The average molecular weight is 1040 g/mol. The second kappa shape index (κ2) is 23.2. The van der Waals surface area contributed by atoms with Crippen molar-refractivity contribution in [2.45, 2.75) is 151 Å². The first kappa shape index (κ1) is 61.4. The van der Waals surface area contributed by atoms with Crippen LogP contribution in [0.1, 0.15) is 133 Å². The summed E-state index contributed by atoms with van der Waals surface area (Å²) in [6.07, 6.45) is 1.02. The van der Waals surface area contributed by atoms with Gasteiger partial charge in [0.25, 0.3) is 0 Å². The molecule has 22 heteroatoms. The van der Waals surface area contributed by atoms with Gasteiger partial charge in [-0.1, -0.05) is 40.7 Å². The maximum absolute atomic E-state index is 13.5. The van der Waals surface area contributed by atoms with E-state index in [1.54, 1.807) is 6.92 Å². The number of nitrogens with two attached hydrogens (primary N) is 6. The Hall–Kier alpha value is -5.76. The molecular weight excluding hydrogens is 960 g/mol. The molecule has 0 unspecified atom stereocenters. The van der Waals surface area contributed by atoms with Crippen molar-refractivity contribution in [1.29, 1.82) is 5.26 Å². The fourth-order valence-corrected chi connectivity index (χ4v) is 12.2. The van der Waals surface area contributed by atoms with Gasteiger partial charge in [-0.3, -0.25) is 48.5 Å². The number of fused-ring (bicyclic) bond motifs is 6. The van der Waals surface area contributed by atoms with E-state index in [0.717, 1.165) is 0 Å². The van der Waals surface area contributed by atoms with Gasteiger partial charge in [-0.25, -0.2) is 0 Å². The van der Waals surface area contributed by atoms with Gasteiger partial charge in [-0.2, -0.15) is 5.70 Å². The number of aliphatic imine (C=N–C) groups is 3. The Balaban J connectivity index is 0.00000426. The Morgan fingerprint density at radius 2 is 1.25 bits per heavy atom. The molecule has 0 aromatic carbocycles. The molecule has 5 rings (SSSR count). The van der Waals surface area contributed by atoms with Gasteiger partial charge in [0, 0.05) is 125 Å². The molecule has 0 aromatic heterocycles. The summed E-state index contributed by atoms with van der Waals surface area (Å²) in [5.41, 5.74) is 34.4. The van der Waals surface area contributed by atoms with Crippen LogP contribution in [0.25, 0.3) is 5.32 Å². The minimum absolute atomic E-state index is 0. The van der Waals surface area contributed by atoms with Crippen molar-refractivity contribution in [3.8, 4) is 0 Å². The van der Waals surface area contributed by atoms with E-state index in [2.05, 4.69) is 5.32 Å². The Morgan fingerprint density at radius 3 is 1.75 bits per heavy atom. The molecule has 71 heavy (non-hydrogen) atoms. The number of carbonyl (C=O) groups is 7. The van der Waals surface area contributed by atoms with Crippen LogP contribution in [-0.2, 0) is 55.8 Å². The summed E-state index contributed by atoms with van der Waals surface area (Å²) >= 11 is 0. The summed E-state index contributed by atoms with van der Waals surface area (Å²) in [4.78, 5) is 108. The normalized spacial score (nSPS) is 33.2. The van der Waals surface area contributed by atoms with Gasteiger partial charge in [0.1, 0.15) is 0 Å². The number of aliphatic hydroxyl groups excluding tert-OH is 1. The predicted molar refractivity (Wildman–Crippen MR) is 264 cm³/mol. The van der Waals surface area contributed by atoms with Crippen LogP contribution in [-0.4, -0.2) is 87.8 Å². The third-order valence-electron chi connectivity index (χ3n) is 16.0. The largest absolute Gasteiger partial charge is 0.682 e. The first-order chi connectivity index (χ1) is 31.9. The maximum Gasteiger partial charge on any atom is 0.220 e. The molecule has 10 atom stereocenters. The molecule has 8 bridgehead atoms.